The summed E-state index contributed by atoms with van der Waals surface area (Å²) in [7, 11) is 2.13. The summed E-state index contributed by atoms with van der Waals surface area (Å²) in [6.45, 7) is 3.47. The molecular weight excluding hydrogens is 234 g/mol. The first-order valence-electron chi connectivity index (χ1n) is 7.41. The summed E-state index contributed by atoms with van der Waals surface area (Å²) in [6.07, 6.45) is 4.97. The molecular formula is C16H23N3. The summed E-state index contributed by atoms with van der Waals surface area (Å²) < 4.78 is 2.24. The first-order valence-corrected chi connectivity index (χ1v) is 7.41. The number of aromatic nitrogens is 2. The maximum atomic E-state index is 4.78. The van der Waals surface area contributed by atoms with Gasteiger partial charge in [-0.15, -0.1) is 0 Å². The summed E-state index contributed by atoms with van der Waals surface area (Å²) in [4.78, 5) is 4.78. The lowest BCUT2D eigenvalue weighted by Gasteiger charge is -2.29. The van der Waals surface area contributed by atoms with E-state index in [2.05, 4.69) is 48.1 Å². The molecule has 1 fully saturated rings. The smallest absolute Gasteiger partial charge is 0.111 e. The van der Waals surface area contributed by atoms with Gasteiger partial charge in [-0.3, -0.25) is 0 Å². The minimum atomic E-state index is 0.592. The van der Waals surface area contributed by atoms with Crippen molar-refractivity contribution < 1.29 is 0 Å². The second kappa shape index (κ2) is 5.33. The second-order valence-corrected chi connectivity index (χ2v) is 5.73. The number of nitrogens with one attached hydrogen (secondary N) is 1. The minimum absolute atomic E-state index is 0.592. The number of imidazole rings is 1. The minimum Gasteiger partial charge on any atom is -0.331 e. The number of para-hydroxylation sites is 2. The molecule has 0 saturated carbocycles. The standard InChI is InChI=1S/C16H23N3/c1-3-12-8-9-17-13(10-12)11-16-18-14-6-4-5-7-15(14)19(16)2/h4-7,12-13,17H,3,8-11H2,1-2H3. The van der Waals surface area contributed by atoms with Crippen LogP contribution in [0.25, 0.3) is 11.0 Å². The van der Waals surface area contributed by atoms with Crippen LogP contribution >= 0.6 is 0 Å². The normalized spacial score (nSPS) is 23.9. The third kappa shape index (κ3) is 2.52. The molecule has 0 spiro atoms. The van der Waals surface area contributed by atoms with E-state index in [1.54, 1.807) is 0 Å². The van der Waals surface area contributed by atoms with Gasteiger partial charge >= 0.3 is 0 Å². The Balaban J connectivity index is 1.79. The van der Waals surface area contributed by atoms with E-state index >= 15 is 0 Å². The van der Waals surface area contributed by atoms with Crippen molar-refractivity contribution in [3.05, 3.63) is 30.1 Å². The third-order valence-corrected chi connectivity index (χ3v) is 4.49. The van der Waals surface area contributed by atoms with Crippen LogP contribution in [0.4, 0.5) is 0 Å². The Morgan fingerprint density at radius 2 is 2.21 bits per heavy atom. The van der Waals surface area contributed by atoms with Gasteiger partial charge in [-0.1, -0.05) is 25.5 Å². The van der Waals surface area contributed by atoms with Crippen molar-refractivity contribution in [1.29, 1.82) is 0 Å². The van der Waals surface area contributed by atoms with E-state index in [1.807, 2.05) is 0 Å². The Bertz CT molecular complexity index is 558. The Morgan fingerprint density at radius 1 is 1.37 bits per heavy atom. The van der Waals surface area contributed by atoms with Crippen LogP contribution in [0.1, 0.15) is 32.0 Å². The van der Waals surface area contributed by atoms with Crippen LogP contribution in [0.5, 0.6) is 0 Å². The van der Waals surface area contributed by atoms with Crippen LogP contribution in [0.3, 0.4) is 0 Å². The van der Waals surface area contributed by atoms with Gasteiger partial charge in [0.2, 0.25) is 0 Å². The van der Waals surface area contributed by atoms with E-state index in [1.165, 1.54) is 30.6 Å². The van der Waals surface area contributed by atoms with Gasteiger partial charge in [0.15, 0.2) is 0 Å². The lowest BCUT2D eigenvalue weighted by molar-refractivity contribution is 0.291. The Kier molecular flexibility index (Phi) is 3.56. The number of rotatable bonds is 3. The first-order chi connectivity index (χ1) is 9.28. The summed E-state index contributed by atoms with van der Waals surface area (Å²) in [5, 5.41) is 3.65. The van der Waals surface area contributed by atoms with E-state index < -0.39 is 0 Å². The molecule has 3 nitrogen and oxygen atoms in total. The van der Waals surface area contributed by atoms with Crippen molar-refractivity contribution in [2.45, 2.75) is 38.6 Å². The van der Waals surface area contributed by atoms with Crippen molar-refractivity contribution in [3.63, 3.8) is 0 Å². The van der Waals surface area contributed by atoms with Crippen LogP contribution < -0.4 is 5.32 Å². The molecule has 2 aromatic rings. The molecule has 0 radical (unpaired) electrons. The van der Waals surface area contributed by atoms with Gasteiger partial charge in [0.1, 0.15) is 5.82 Å². The van der Waals surface area contributed by atoms with Gasteiger partial charge in [0, 0.05) is 19.5 Å². The highest BCUT2D eigenvalue weighted by atomic mass is 15.1. The van der Waals surface area contributed by atoms with Crippen molar-refractivity contribution in [1.82, 2.24) is 14.9 Å². The molecule has 0 amide bonds. The predicted octanol–water partition coefficient (Wildman–Crippen LogP) is 2.89. The number of hydrogen-bond donors (Lipinski definition) is 1. The van der Waals surface area contributed by atoms with Gasteiger partial charge in [-0.05, 0) is 37.4 Å². The third-order valence-electron chi connectivity index (χ3n) is 4.49. The molecule has 1 aromatic heterocycles. The molecule has 1 aliphatic rings. The fraction of sp³-hybridized carbons (Fsp3) is 0.562. The molecule has 0 bridgehead atoms. The van der Waals surface area contributed by atoms with Crippen LogP contribution in [0, 0.1) is 5.92 Å². The number of benzene rings is 1. The van der Waals surface area contributed by atoms with Gasteiger partial charge < -0.3 is 9.88 Å². The van der Waals surface area contributed by atoms with Crippen molar-refractivity contribution >= 4 is 11.0 Å². The number of hydrogen-bond acceptors (Lipinski definition) is 2. The first kappa shape index (κ1) is 12.7. The molecule has 1 N–H and O–H groups in total. The Morgan fingerprint density at radius 3 is 3.00 bits per heavy atom. The maximum absolute atomic E-state index is 4.78. The maximum Gasteiger partial charge on any atom is 0.111 e. The van der Waals surface area contributed by atoms with Gasteiger partial charge in [0.25, 0.3) is 0 Å². The highest BCUT2D eigenvalue weighted by molar-refractivity contribution is 5.75. The lowest BCUT2D eigenvalue weighted by Crippen LogP contribution is -2.39. The molecule has 19 heavy (non-hydrogen) atoms. The highest BCUT2D eigenvalue weighted by Crippen LogP contribution is 2.22. The van der Waals surface area contributed by atoms with Crippen LogP contribution in [0.15, 0.2) is 24.3 Å². The van der Waals surface area contributed by atoms with E-state index in [0.717, 1.165) is 24.4 Å². The fourth-order valence-corrected chi connectivity index (χ4v) is 3.22. The lowest BCUT2D eigenvalue weighted by atomic mass is 9.89. The highest BCUT2D eigenvalue weighted by Gasteiger charge is 2.22. The summed E-state index contributed by atoms with van der Waals surface area (Å²) in [5.74, 6) is 2.09. The van der Waals surface area contributed by atoms with E-state index in [0.29, 0.717) is 6.04 Å². The van der Waals surface area contributed by atoms with Crippen LogP contribution in [-0.2, 0) is 13.5 Å². The molecule has 102 valence electrons. The molecule has 0 aliphatic carbocycles. The van der Waals surface area contributed by atoms with E-state index in [9.17, 15) is 0 Å². The van der Waals surface area contributed by atoms with Gasteiger partial charge in [-0.2, -0.15) is 0 Å². The summed E-state index contributed by atoms with van der Waals surface area (Å²) in [5.41, 5.74) is 2.35. The summed E-state index contributed by atoms with van der Waals surface area (Å²) >= 11 is 0. The zero-order valence-corrected chi connectivity index (χ0v) is 11.9. The number of piperidine rings is 1. The number of nitrogens with zero attached hydrogens (tertiary/aromatic N) is 2. The van der Waals surface area contributed by atoms with Crippen LogP contribution in [-0.4, -0.2) is 22.1 Å². The largest absolute Gasteiger partial charge is 0.331 e. The van der Waals surface area contributed by atoms with Crippen LogP contribution in [0.2, 0.25) is 0 Å². The fourth-order valence-electron chi connectivity index (χ4n) is 3.22. The molecule has 1 aliphatic heterocycles. The molecule has 2 heterocycles. The Hall–Kier alpha value is -1.35. The molecule has 1 saturated heterocycles. The molecule has 2 unspecified atom stereocenters. The average Bonchev–Trinajstić information content (AvgIpc) is 2.76. The zero-order chi connectivity index (χ0) is 13.2. The summed E-state index contributed by atoms with van der Waals surface area (Å²) in [6, 6.07) is 8.98. The molecule has 2 atom stereocenters. The van der Waals surface area contributed by atoms with Gasteiger partial charge in [-0.25, -0.2) is 4.98 Å². The van der Waals surface area contributed by atoms with Gasteiger partial charge in [0.05, 0.1) is 11.0 Å². The second-order valence-electron chi connectivity index (χ2n) is 5.73. The molecule has 1 aromatic carbocycles. The number of fused-ring (bicyclic) bond motifs is 1. The van der Waals surface area contributed by atoms with Crippen molar-refractivity contribution in [2.24, 2.45) is 13.0 Å². The predicted molar refractivity (Wildman–Crippen MR) is 79.2 cm³/mol. The topological polar surface area (TPSA) is 29.9 Å². The molecule has 3 rings (SSSR count). The van der Waals surface area contributed by atoms with E-state index in [4.69, 9.17) is 4.98 Å². The monoisotopic (exact) mass is 257 g/mol. The zero-order valence-electron chi connectivity index (χ0n) is 11.9. The van der Waals surface area contributed by atoms with E-state index in [-0.39, 0.29) is 0 Å². The number of aryl methyl sites for hydroxylation is 1. The quantitative estimate of drug-likeness (QED) is 0.916. The molecule has 3 heteroatoms. The Labute approximate surface area is 115 Å². The van der Waals surface area contributed by atoms with Crippen molar-refractivity contribution in [2.75, 3.05) is 6.54 Å². The van der Waals surface area contributed by atoms with Crippen molar-refractivity contribution in [3.8, 4) is 0 Å². The average molecular weight is 257 g/mol. The SMILES string of the molecule is CCC1CCNC(Cc2nc3ccccc3n2C)C1.